The number of ether oxygens (including phenoxy) is 1. The molecule has 59 valence electrons. The van der Waals surface area contributed by atoms with Crippen LogP contribution < -0.4 is 4.74 Å². The summed E-state index contributed by atoms with van der Waals surface area (Å²) >= 11 is 0. The molecule has 0 unspecified atom stereocenters. The van der Waals surface area contributed by atoms with Crippen LogP contribution >= 0.6 is 0 Å². The van der Waals surface area contributed by atoms with Crippen LogP contribution in [0.5, 0.6) is 11.5 Å². The third kappa shape index (κ3) is 1.45. The van der Waals surface area contributed by atoms with E-state index in [2.05, 4.69) is 6.07 Å². The van der Waals surface area contributed by atoms with E-state index in [0.717, 1.165) is 16.9 Å². The molecule has 0 saturated carbocycles. The Balaban J connectivity index is 3.25. The average molecular weight is 151 g/mol. The molecule has 0 aliphatic heterocycles. The Morgan fingerprint density at radius 2 is 2.09 bits per heavy atom. The Morgan fingerprint density at radius 3 is 2.55 bits per heavy atom. The van der Waals surface area contributed by atoms with Gasteiger partial charge >= 0.3 is 0 Å². The standard InChI is InChI=1S/C9H11O2/c1-6-4-8(10)5-7(2)9(6)11-3/h4,10H,1-3H3. The van der Waals surface area contributed by atoms with Crippen LogP contribution in [0.1, 0.15) is 11.1 Å². The van der Waals surface area contributed by atoms with Gasteiger partial charge in [-0.1, -0.05) is 0 Å². The van der Waals surface area contributed by atoms with Gasteiger partial charge in [0.2, 0.25) is 0 Å². The molecule has 1 aromatic rings. The maximum Gasteiger partial charge on any atom is 0.125 e. The molecule has 11 heavy (non-hydrogen) atoms. The van der Waals surface area contributed by atoms with Crippen molar-refractivity contribution in [1.82, 2.24) is 0 Å². The molecule has 1 N–H and O–H groups in total. The first-order valence-corrected chi connectivity index (χ1v) is 3.41. The van der Waals surface area contributed by atoms with Gasteiger partial charge in [0, 0.05) is 11.6 Å². The lowest BCUT2D eigenvalue weighted by molar-refractivity contribution is 0.405. The number of rotatable bonds is 1. The zero-order valence-electron chi connectivity index (χ0n) is 6.93. The second-order valence-corrected chi connectivity index (χ2v) is 2.50. The highest BCUT2D eigenvalue weighted by Gasteiger charge is 2.03. The second kappa shape index (κ2) is 2.82. The summed E-state index contributed by atoms with van der Waals surface area (Å²) in [6, 6.07) is 4.39. The molecule has 0 atom stereocenters. The van der Waals surface area contributed by atoms with Gasteiger partial charge in [-0.25, -0.2) is 0 Å². The Bertz CT molecular complexity index is 243. The number of aryl methyl sites for hydroxylation is 2. The SMILES string of the molecule is COc1c(C)[c]c(O)cc1C. The van der Waals surface area contributed by atoms with Gasteiger partial charge in [-0.3, -0.25) is 0 Å². The summed E-state index contributed by atoms with van der Waals surface area (Å²) in [4.78, 5) is 0. The summed E-state index contributed by atoms with van der Waals surface area (Å²) in [6.07, 6.45) is 0. The van der Waals surface area contributed by atoms with Crippen LogP contribution in [0, 0.1) is 19.9 Å². The number of phenols is 1. The number of hydrogen-bond acceptors (Lipinski definition) is 2. The van der Waals surface area contributed by atoms with E-state index >= 15 is 0 Å². The molecule has 1 radical (unpaired) electrons. The summed E-state index contributed by atoms with van der Waals surface area (Å²) in [6.45, 7) is 3.74. The van der Waals surface area contributed by atoms with Crippen molar-refractivity contribution in [3.8, 4) is 11.5 Å². The van der Waals surface area contributed by atoms with Gasteiger partial charge in [-0.05, 0) is 25.5 Å². The maximum absolute atomic E-state index is 9.10. The molecule has 1 aromatic carbocycles. The lowest BCUT2D eigenvalue weighted by atomic mass is 10.1. The predicted octanol–water partition coefficient (Wildman–Crippen LogP) is 1.82. The third-order valence-corrected chi connectivity index (χ3v) is 1.57. The van der Waals surface area contributed by atoms with Crippen molar-refractivity contribution in [2.45, 2.75) is 13.8 Å². The van der Waals surface area contributed by atoms with Crippen LogP contribution in [0.25, 0.3) is 0 Å². The van der Waals surface area contributed by atoms with Crippen molar-refractivity contribution >= 4 is 0 Å². The van der Waals surface area contributed by atoms with E-state index < -0.39 is 0 Å². The summed E-state index contributed by atoms with van der Waals surface area (Å²) in [7, 11) is 1.61. The van der Waals surface area contributed by atoms with Gasteiger partial charge < -0.3 is 9.84 Å². The number of benzene rings is 1. The van der Waals surface area contributed by atoms with Gasteiger partial charge in [-0.15, -0.1) is 0 Å². The molecular weight excluding hydrogens is 140 g/mol. The predicted molar refractivity (Wildman–Crippen MR) is 43.0 cm³/mol. The lowest BCUT2D eigenvalue weighted by Crippen LogP contribution is -1.90. The number of aromatic hydroxyl groups is 1. The van der Waals surface area contributed by atoms with Crippen molar-refractivity contribution in [3.63, 3.8) is 0 Å². The first kappa shape index (κ1) is 7.92. The summed E-state index contributed by atoms with van der Waals surface area (Å²) in [5, 5.41) is 9.10. The molecule has 1 rings (SSSR count). The molecule has 0 spiro atoms. The van der Waals surface area contributed by atoms with E-state index in [4.69, 9.17) is 9.84 Å². The van der Waals surface area contributed by atoms with Crippen LogP contribution in [0.3, 0.4) is 0 Å². The Hall–Kier alpha value is -1.18. The van der Waals surface area contributed by atoms with E-state index in [0.29, 0.717) is 0 Å². The molecule has 0 amide bonds. The second-order valence-electron chi connectivity index (χ2n) is 2.50. The molecule has 0 fully saturated rings. The summed E-state index contributed by atoms with van der Waals surface area (Å²) < 4.78 is 5.09. The van der Waals surface area contributed by atoms with Crippen molar-refractivity contribution < 1.29 is 9.84 Å². The van der Waals surface area contributed by atoms with Crippen LogP contribution in [0.4, 0.5) is 0 Å². The Labute approximate surface area is 66.4 Å². The van der Waals surface area contributed by atoms with Gasteiger partial charge in [-0.2, -0.15) is 0 Å². The first-order valence-electron chi connectivity index (χ1n) is 3.41. The minimum Gasteiger partial charge on any atom is -0.507 e. The normalized spacial score (nSPS) is 9.73. The van der Waals surface area contributed by atoms with Gasteiger partial charge in [0.1, 0.15) is 11.5 Å². The van der Waals surface area contributed by atoms with Crippen molar-refractivity contribution in [2.75, 3.05) is 7.11 Å². The minimum atomic E-state index is 0.167. The Kier molecular flexibility index (Phi) is 2.03. The fraction of sp³-hybridized carbons (Fsp3) is 0.333. The fourth-order valence-corrected chi connectivity index (χ4v) is 1.17. The zero-order chi connectivity index (χ0) is 8.43. The van der Waals surface area contributed by atoms with E-state index in [1.54, 1.807) is 13.2 Å². The van der Waals surface area contributed by atoms with Crippen molar-refractivity contribution in [3.05, 3.63) is 23.3 Å². The van der Waals surface area contributed by atoms with E-state index in [-0.39, 0.29) is 5.75 Å². The van der Waals surface area contributed by atoms with Crippen LogP contribution in [0.2, 0.25) is 0 Å². The quantitative estimate of drug-likeness (QED) is 0.663. The highest BCUT2D eigenvalue weighted by Crippen LogP contribution is 2.26. The minimum absolute atomic E-state index is 0.167. The van der Waals surface area contributed by atoms with E-state index in [1.165, 1.54) is 0 Å². The highest BCUT2D eigenvalue weighted by atomic mass is 16.5. The molecule has 0 saturated heterocycles. The largest absolute Gasteiger partial charge is 0.507 e. The van der Waals surface area contributed by atoms with E-state index in [9.17, 15) is 0 Å². The molecule has 0 aliphatic rings. The average Bonchev–Trinajstić information content (AvgIpc) is 1.85. The van der Waals surface area contributed by atoms with E-state index in [1.807, 2.05) is 13.8 Å². The number of methoxy groups -OCH3 is 1. The van der Waals surface area contributed by atoms with Crippen LogP contribution in [-0.2, 0) is 0 Å². The smallest absolute Gasteiger partial charge is 0.125 e. The molecular formula is C9H11O2. The topological polar surface area (TPSA) is 29.5 Å². The lowest BCUT2D eigenvalue weighted by Gasteiger charge is -2.07. The molecule has 0 bridgehead atoms. The maximum atomic E-state index is 9.10. The molecule has 0 aliphatic carbocycles. The Morgan fingerprint density at radius 1 is 1.45 bits per heavy atom. The van der Waals surface area contributed by atoms with Crippen LogP contribution in [0.15, 0.2) is 6.07 Å². The fourth-order valence-electron chi connectivity index (χ4n) is 1.17. The molecule has 2 nitrogen and oxygen atoms in total. The summed E-state index contributed by atoms with van der Waals surface area (Å²) in [5.74, 6) is 0.962. The zero-order valence-corrected chi connectivity index (χ0v) is 6.93. The number of phenolic OH excluding ortho intramolecular Hbond substituents is 1. The van der Waals surface area contributed by atoms with Crippen molar-refractivity contribution in [2.24, 2.45) is 0 Å². The highest BCUT2D eigenvalue weighted by molar-refractivity contribution is 5.44. The third-order valence-electron chi connectivity index (χ3n) is 1.57. The first-order chi connectivity index (χ1) is 5.15. The van der Waals surface area contributed by atoms with Gasteiger partial charge in [0.15, 0.2) is 0 Å². The van der Waals surface area contributed by atoms with Crippen LogP contribution in [-0.4, -0.2) is 12.2 Å². The van der Waals surface area contributed by atoms with Gasteiger partial charge in [0.25, 0.3) is 0 Å². The van der Waals surface area contributed by atoms with Gasteiger partial charge in [0.05, 0.1) is 7.11 Å². The molecule has 0 aromatic heterocycles. The number of hydrogen-bond donors (Lipinski definition) is 1. The summed E-state index contributed by atoms with van der Waals surface area (Å²) in [5.41, 5.74) is 1.77. The molecule has 0 heterocycles. The van der Waals surface area contributed by atoms with Crippen molar-refractivity contribution in [1.29, 1.82) is 0 Å². The molecule has 2 heteroatoms. The monoisotopic (exact) mass is 151 g/mol.